The zero-order valence-corrected chi connectivity index (χ0v) is 10.7. The quantitative estimate of drug-likeness (QED) is 0.754. The van der Waals surface area contributed by atoms with Crippen molar-refractivity contribution in [1.82, 2.24) is 5.32 Å². The van der Waals surface area contributed by atoms with Gasteiger partial charge in [0, 0.05) is 19.2 Å². The highest BCUT2D eigenvalue weighted by Crippen LogP contribution is 2.57. The Morgan fingerprint density at radius 3 is 2.24 bits per heavy atom. The van der Waals surface area contributed by atoms with Crippen LogP contribution in [-0.2, 0) is 4.74 Å². The van der Waals surface area contributed by atoms with Crippen molar-refractivity contribution in [3.05, 3.63) is 0 Å². The maximum Gasteiger partial charge on any atom is 0.0591 e. The molecule has 0 aromatic carbocycles. The van der Waals surface area contributed by atoms with Crippen LogP contribution in [0.5, 0.6) is 0 Å². The summed E-state index contributed by atoms with van der Waals surface area (Å²) in [5, 5.41) is 3.78. The molecule has 96 valence electrons. The maximum atomic E-state index is 5.61. The zero-order valence-electron chi connectivity index (χ0n) is 10.7. The van der Waals surface area contributed by atoms with E-state index in [1.54, 1.807) is 32.1 Å². The third kappa shape index (κ3) is 1.84. The van der Waals surface area contributed by atoms with Crippen LogP contribution in [-0.4, -0.2) is 25.8 Å². The van der Waals surface area contributed by atoms with E-state index in [1.165, 1.54) is 6.42 Å². The van der Waals surface area contributed by atoms with Gasteiger partial charge in [0.15, 0.2) is 0 Å². The highest BCUT2D eigenvalue weighted by atomic mass is 16.5. The van der Waals surface area contributed by atoms with Gasteiger partial charge in [0.05, 0.1) is 6.61 Å². The molecule has 0 radical (unpaired) electrons. The summed E-state index contributed by atoms with van der Waals surface area (Å²) in [5.41, 5.74) is 0. The summed E-state index contributed by atoms with van der Waals surface area (Å²) >= 11 is 0. The van der Waals surface area contributed by atoms with Crippen molar-refractivity contribution in [3.8, 4) is 0 Å². The molecule has 1 unspecified atom stereocenters. The number of rotatable bonds is 1. The number of ether oxygens (including phenoxy) is 1. The fourth-order valence-corrected chi connectivity index (χ4v) is 5.68. The average molecular weight is 235 g/mol. The van der Waals surface area contributed by atoms with Crippen LogP contribution in [0.15, 0.2) is 0 Å². The van der Waals surface area contributed by atoms with Gasteiger partial charge in [-0.1, -0.05) is 0 Å². The lowest BCUT2D eigenvalue weighted by Crippen LogP contribution is -2.53. The third-order valence-electron chi connectivity index (χ3n) is 5.99. The Morgan fingerprint density at radius 2 is 1.53 bits per heavy atom. The van der Waals surface area contributed by atoms with E-state index in [2.05, 4.69) is 5.32 Å². The maximum absolute atomic E-state index is 5.61. The first-order chi connectivity index (χ1) is 8.40. The molecule has 0 aromatic heterocycles. The topological polar surface area (TPSA) is 21.3 Å². The van der Waals surface area contributed by atoms with Crippen LogP contribution in [0.2, 0.25) is 0 Å². The molecule has 1 saturated heterocycles. The second-order valence-corrected chi connectivity index (χ2v) is 6.97. The molecule has 5 fully saturated rings. The largest absolute Gasteiger partial charge is 0.380 e. The Balaban J connectivity index is 1.53. The van der Waals surface area contributed by atoms with Gasteiger partial charge in [-0.25, -0.2) is 0 Å². The second-order valence-electron chi connectivity index (χ2n) is 6.97. The molecule has 0 spiro atoms. The molecule has 4 bridgehead atoms. The molecule has 0 aromatic rings. The summed E-state index contributed by atoms with van der Waals surface area (Å²) in [4.78, 5) is 0. The first kappa shape index (κ1) is 10.8. The van der Waals surface area contributed by atoms with E-state index < -0.39 is 0 Å². The van der Waals surface area contributed by atoms with Crippen LogP contribution < -0.4 is 5.32 Å². The van der Waals surface area contributed by atoms with Crippen molar-refractivity contribution in [2.75, 3.05) is 19.8 Å². The first-order valence-corrected chi connectivity index (χ1v) is 7.71. The van der Waals surface area contributed by atoms with Crippen LogP contribution >= 0.6 is 0 Å². The van der Waals surface area contributed by atoms with E-state index in [4.69, 9.17) is 4.74 Å². The van der Waals surface area contributed by atoms with E-state index in [0.717, 1.165) is 55.4 Å². The molecule has 4 saturated carbocycles. The number of hydrogen-bond donors (Lipinski definition) is 1. The van der Waals surface area contributed by atoms with Crippen molar-refractivity contribution in [1.29, 1.82) is 0 Å². The van der Waals surface area contributed by atoms with Gasteiger partial charge in [0.25, 0.3) is 0 Å². The number of nitrogens with one attached hydrogen (secondary N) is 1. The first-order valence-electron chi connectivity index (χ1n) is 7.71. The van der Waals surface area contributed by atoms with Crippen LogP contribution in [0.1, 0.15) is 38.5 Å². The fraction of sp³-hybridized carbons (Fsp3) is 1.00. The molecule has 1 N–H and O–H groups in total. The van der Waals surface area contributed by atoms with Crippen LogP contribution in [0.3, 0.4) is 0 Å². The second kappa shape index (κ2) is 4.24. The van der Waals surface area contributed by atoms with Crippen LogP contribution in [0.4, 0.5) is 0 Å². The fourth-order valence-electron chi connectivity index (χ4n) is 5.68. The molecule has 5 rings (SSSR count). The normalized spacial score (nSPS) is 53.6. The molecule has 1 heterocycles. The SMILES string of the molecule is C1COCCC(C2C3CC4CC(C3)CC2C4)N1. The molecular formula is C15H25NO. The van der Waals surface area contributed by atoms with E-state index >= 15 is 0 Å². The molecule has 5 aliphatic rings. The Hall–Kier alpha value is -0.0800. The average Bonchev–Trinajstić information content (AvgIpc) is 2.56. The van der Waals surface area contributed by atoms with Crippen molar-refractivity contribution >= 4 is 0 Å². The minimum Gasteiger partial charge on any atom is -0.380 e. The molecule has 0 amide bonds. The minimum absolute atomic E-state index is 0.771. The Bertz CT molecular complexity index is 255. The molecule has 17 heavy (non-hydrogen) atoms. The van der Waals surface area contributed by atoms with E-state index in [1.807, 2.05) is 0 Å². The predicted molar refractivity (Wildman–Crippen MR) is 67.8 cm³/mol. The smallest absolute Gasteiger partial charge is 0.0591 e. The molecular weight excluding hydrogens is 210 g/mol. The van der Waals surface area contributed by atoms with Gasteiger partial charge in [0.2, 0.25) is 0 Å². The lowest BCUT2D eigenvalue weighted by atomic mass is 9.50. The summed E-state index contributed by atoms with van der Waals surface area (Å²) in [5.74, 6) is 5.32. The summed E-state index contributed by atoms with van der Waals surface area (Å²) < 4.78 is 5.61. The van der Waals surface area contributed by atoms with Crippen molar-refractivity contribution in [2.45, 2.75) is 44.6 Å². The summed E-state index contributed by atoms with van der Waals surface area (Å²) in [7, 11) is 0. The lowest BCUT2D eigenvalue weighted by Gasteiger charge is -2.56. The van der Waals surface area contributed by atoms with Crippen LogP contribution in [0.25, 0.3) is 0 Å². The van der Waals surface area contributed by atoms with Gasteiger partial charge < -0.3 is 10.1 Å². The highest BCUT2D eigenvalue weighted by molar-refractivity contribution is 5.01. The van der Waals surface area contributed by atoms with Crippen LogP contribution in [0, 0.1) is 29.6 Å². The third-order valence-corrected chi connectivity index (χ3v) is 5.99. The summed E-state index contributed by atoms with van der Waals surface area (Å²) in [6.07, 6.45) is 9.04. The molecule has 1 aliphatic heterocycles. The monoisotopic (exact) mass is 235 g/mol. The Kier molecular flexibility index (Phi) is 2.69. The van der Waals surface area contributed by atoms with E-state index in [-0.39, 0.29) is 0 Å². The number of hydrogen-bond acceptors (Lipinski definition) is 2. The van der Waals surface area contributed by atoms with Crippen molar-refractivity contribution in [2.24, 2.45) is 29.6 Å². The Labute approximate surface area is 104 Å². The van der Waals surface area contributed by atoms with Gasteiger partial charge in [-0.15, -0.1) is 0 Å². The standard InChI is InChI=1S/C15H25NO/c1-3-17-4-2-16-14(1)15-12-6-10-5-11(8-12)9-13(15)7-10/h10-16H,1-9H2. The molecule has 1 atom stereocenters. The summed E-state index contributed by atoms with van der Waals surface area (Å²) in [6, 6.07) is 0.771. The lowest BCUT2D eigenvalue weighted by molar-refractivity contribution is -0.0526. The zero-order chi connectivity index (χ0) is 11.2. The van der Waals surface area contributed by atoms with Gasteiger partial charge in [-0.2, -0.15) is 0 Å². The van der Waals surface area contributed by atoms with Gasteiger partial charge >= 0.3 is 0 Å². The molecule has 4 aliphatic carbocycles. The van der Waals surface area contributed by atoms with Crippen molar-refractivity contribution < 1.29 is 4.74 Å². The highest BCUT2D eigenvalue weighted by Gasteiger charge is 2.50. The van der Waals surface area contributed by atoms with E-state index in [0.29, 0.717) is 0 Å². The van der Waals surface area contributed by atoms with Gasteiger partial charge in [-0.05, 0) is 68.1 Å². The van der Waals surface area contributed by atoms with Gasteiger partial charge in [0.1, 0.15) is 0 Å². The van der Waals surface area contributed by atoms with E-state index in [9.17, 15) is 0 Å². The minimum atomic E-state index is 0.771. The Morgan fingerprint density at radius 1 is 0.824 bits per heavy atom. The summed E-state index contributed by atoms with van der Waals surface area (Å²) in [6.45, 7) is 2.98. The van der Waals surface area contributed by atoms with Gasteiger partial charge in [-0.3, -0.25) is 0 Å². The molecule has 2 nitrogen and oxygen atoms in total. The predicted octanol–water partition coefficient (Wildman–Crippen LogP) is 2.44. The van der Waals surface area contributed by atoms with Crippen molar-refractivity contribution in [3.63, 3.8) is 0 Å². The molecule has 2 heteroatoms.